The van der Waals surface area contributed by atoms with Crippen LogP contribution in [0.3, 0.4) is 0 Å². The zero-order chi connectivity index (χ0) is 27.2. The molecule has 0 N–H and O–H groups in total. The summed E-state index contributed by atoms with van der Waals surface area (Å²) in [6.45, 7) is 4.58. The molecular formula is C31H44N2O5. The number of aryl methyl sites for hydroxylation is 3. The molecule has 0 amide bonds. The van der Waals surface area contributed by atoms with E-state index >= 15 is 0 Å². The topological polar surface area (TPSA) is 78.0 Å². The van der Waals surface area contributed by atoms with Crippen molar-refractivity contribution in [3.05, 3.63) is 65.0 Å². The standard InChI is InChI=1S/C31H44N2O5/c1-24(36-2)22-33(19-10-9-14-28-17-16-26-13-7-8-15-29(26)32-28)20-18-27(31(35)37-3)21-30(34)38-23-25-11-5-4-6-12-25/h4-6,11-12,16-17,24,27H,7-10,13-15,18-23H2,1-3H3/t24-,27-/m1/s1. The largest absolute Gasteiger partial charge is 0.469 e. The van der Waals surface area contributed by atoms with Gasteiger partial charge >= 0.3 is 11.9 Å². The minimum Gasteiger partial charge on any atom is -0.469 e. The quantitative estimate of drug-likeness (QED) is 0.228. The van der Waals surface area contributed by atoms with Gasteiger partial charge in [0, 0.05) is 25.0 Å². The van der Waals surface area contributed by atoms with E-state index in [0.717, 1.165) is 50.8 Å². The summed E-state index contributed by atoms with van der Waals surface area (Å²) in [6, 6.07) is 14.0. The summed E-state index contributed by atoms with van der Waals surface area (Å²) in [4.78, 5) is 32.2. The first-order valence-corrected chi connectivity index (χ1v) is 14.0. The molecule has 1 aromatic heterocycles. The molecule has 0 spiro atoms. The Bertz CT molecular complexity index is 997. The van der Waals surface area contributed by atoms with Crippen molar-refractivity contribution in [2.45, 2.75) is 77.4 Å². The predicted octanol–water partition coefficient (Wildman–Crippen LogP) is 4.93. The second-order valence-corrected chi connectivity index (χ2v) is 10.3. The molecule has 2 atom stereocenters. The molecule has 1 aromatic carbocycles. The van der Waals surface area contributed by atoms with Crippen LogP contribution in [-0.2, 0) is 49.7 Å². The van der Waals surface area contributed by atoms with Crippen molar-refractivity contribution in [1.29, 1.82) is 0 Å². The maximum absolute atomic E-state index is 12.5. The summed E-state index contributed by atoms with van der Waals surface area (Å²) in [7, 11) is 3.08. The molecule has 0 aliphatic heterocycles. The Morgan fingerprint density at radius 1 is 1.00 bits per heavy atom. The van der Waals surface area contributed by atoms with E-state index in [1.54, 1.807) is 7.11 Å². The summed E-state index contributed by atoms with van der Waals surface area (Å²) < 4.78 is 15.9. The van der Waals surface area contributed by atoms with Crippen molar-refractivity contribution in [1.82, 2.24) is 9.88 Å². The Morgan fingerprint density at radius 3 is 2.55 bits per heavy atom. The number of hydrogen-bond donors (Lipinski definition) is 0. The Kier molecular flexibility index (Phi) is 12.7. The van der Waals surface area contributed by atoms with E-state index in [0.29, 0.717) is 13.0 Å². The first-order chi connectivity index (χ1) is 18.5. The van der Waals surface area contributed by atoms with Gasteiger partial charge in [0.15, 0.2) is 0 Å². The van der Waals surface area contributed by atoms with Gasteiger partial charge in [0.05, 0.1) is 25.6 Å². The minimum absolute atomic E-state index is 0.0111. The second kappa shape index (κ2) is 16.2. The Hall–Kier alpha value is -2.77. The highest BCUT2D eigenvalue weighted by Gasteiger charge is 2.25. The molecular weight excluding hydrogens is 480 g/mol. The molecule has 1 aliphatic carbocycles. The van der Waals surface area contributed by atoms with Gasteiger partial charge in [0.1, 0.15) is 6.61 Å². The van der Waals surface area contributed by atoms with Crippen LogP contribution in [0.15, 0.2) is 42.5 Å². The lowest BCUT2D eigenvalue weighted by molar-refractivity contribution is -0.154. The lowest BCUT2D eigenvalue weighted by atomic mass is 9.95. The molecule has 3 rings (SSSR count). The van der Waals surface area contributed by atoms with Gasteiger partial charge in [0.25, 0.3) is 0 Å². The van der Waals surface area contributed by atoms with Crippen molar-refractivity contribution in [2.75, 3.05) is 33.9 Å². The van der Waals surface area contributed by atoms with E-state index in [1.165, 1.54) is 36.9 Å². The van der Waals surface area contributed by atoms with Gasteiger partial charge < -0.3 is 19.1 Å². The van der Waals surface area contributed by atoms with Crippen LogP contribution in [0.2, 0.25) is 0 Å². The third kappa shape index (κ3) is 10.2. The number of aromatic nitrogens is 1. The van der Waals surface area contributed by atoms with E-state index in [9.17, 15) is 9.59 Å². The van der Waals surface area contributed by atoms with Crippen LogP contribution in [0.5, 0.6) is 0 Å². The molecule has 208 valence electrons. The number of benzene rings is 1. The number of rotatable bonds is 16. The van der Waals surface area contributed by atoms with Crippen LogP contribution in [0, 0.1) is 5.92 Å². The third-order valence-electron chi connectivity index (χ3n) is 7.29. The predicted molar refractivity (Wildman–Crippen MR) is 148 cm³/mol. The minimum atomic E-state index is -0.539. The van der Waals surface area contributed by atoms with Gasteiger partial charge in [0.2, 0.25) is 0 Å². The van der Waals surface area contributed by atoms with Crippen molar-refractivity contribution in [3.8, 4) is 0 Å². The zero-order valence-electron chi connectivity index (χ0n) is 23.3. The fourth-order valence-corrected chi connectivity index (χ4v) is 4.95. The molecule has 0 fully saturated rings. The number of esters is 2. The number of pyridine rings is 1. The Morgan fingerprint density at radius 2 is 1.79 bits per heavy atom. The SMILES string of the molecule is COC(=O)[C@H](CCN(CCCCc1ccc2c(n1)CCCC2)C[C@@H](C)OC)CC(=O)OCc1ccccc1. The van der Waals surface area contributed by atoms with Gasteiger partial charge in [-0.15, -0.1) is 0 Å². The second-order valence-electron chi connectivity index (χ2n) is 10.3. The van der Waals surface area contributed by atoms with Crippen LogP contribution < -0.4 is 0 Å². The smallest absolute Gasteiger partial charge is 0.309 e. The van der Waals surface area contributed by atoms with Gasteiger partial charge in [-0.05, 0) is 88.6 Å². The van der Waals surface area contributed by atoms with E-state index in [2.05, 4.69) is 17.0 Å². The van der Waals surface area contributed by atoms with Crippen LogP contribution in [-0.4, -0.2) is 61.8 Å². The molecule has 0 radical (unpaired) electrons. The highest BCUT2D eigenvalue weighted by molar-refractivity contribution is 5.79. The maximum Gasteiger partial charge on any atom is 0.309 e. The number of ether oxygens (including phenoxy) is 3. The number of unbranched alkanes of at least 4 members (excludes halogenated alkanes) is 1. The number of carbonyl (C=O) groups excluding carboxylic acids is 2. The lowest BCUT2D eigenvalue weighted by Crippen LogP contribution is -2.35. The molecule has 2 aromatic rings. The molecule has 0 unspecified atom stereocenters. The number of carbonyl (C=O) groups is 2. The summed E-state index contributed by atoms with van der Waals surface area (Å²) in [5, 5.41) is 0. The molecule has 0 saturated carbocycles. The molecule has 1 aliphatic rings. The summed E-state index contributed by atoms with van der Waals surface area (Å²) in [5.41, 5.74) is 4.81. The average Bonchev–Trinajstić information content (AvgIpc) is 2.95. The average molecular weight is 525 g/mol. The monoisotopic (exact) mass is 524 g/mol. The number of methoxy groups -OCH3 is 2. The molecule has 0 bridgehead atoms. The summed E-state index contributed by atoms with van der Waals surface area (Å²) in [5.74, 6) is -1.30. The van der Waals surface area contributed by atoms with Crippen LogP contribution in [0.25, 0.3) is 0 Å². The summed E-state index contributed by atoms with van der Waals surface area (Å²) >= 11 is 0. The molecule has 0 saturated heterocycles. The van der Waals surface area contributed by atoms with Crippen molar-refractivity contribution in [3.63, 3.8) is 0 Å². The maximum atomic E-state index is 12.5. The number of nitrogens with zero attached hydrogens (tertiary/aromatic N) is 2. The lowest BCUT2D eigenvalue weighted by Gasteiger charge is -2.26. The summed E-state index contributed by atoms with van der Waals surface area (Å²) in [6.07, 6.45) is 8.44. The van der Waals surface area contributed by atoms with E-state index in [-0.39, 0.29) is 25.1 Å². The fourth-order valence-electron chi connectivity index (χ4n) is 4.95. The molecule has 38 heavy (non-hydrogen) atoms. The van der Waals surface area contributed by atoms with Crippen LogP contribution in [0.4, 0.5) is 0 Å². The van der Waals surface area contributed by atoms with Crippen molar-refractivity contribution in [2.24, 2.45) is 5.92 Å². The van der Waals surface area contributed by atoms with Crippen LogP contribution >= 0.6 is 0 Å². The molecule has 7 heteroatoms. The Labute approximate surface area is 227 Å². The van der Waals surface area contributed by atoms with Gasteiger partial charge in [-0.25, -0.2) is 0 Å². The first kappa shape index (κ1) is 29.8. The normalized spacial score (nSPS) is 14.5. The zero-order valence-corrected chi connectivity index (χ0v) is 23.3. The highest BCUT2D eigenvalue weighted by atomic mass is 16.5. The van der Waals surface area contributed by atoms with Gasteiger partial charge in [-0.1, -0.05) is 36.4 Å². The van der Waals surface area contributed by atoms with Crippen molar-refractivity contribution < 1.29 is 23.8 Å². The van der Waals surface area contributed by atoms with E-state index < -0.39 is 11.9 Å². The molecule has 7 nitrogen and oxygen atoms in total. The fraction of sp³-hybridized carbons (Fsp3) is 0.581. The van der Waals surface area contributed by atoms with E-state index in [1.807, 2.05) is 37.3 Å². The Balaban J connectivity index is 1.48. The van der Waals surface area contributed by atoms with Crippen LogP contribution in [0.1, 0.15) is 68.0 Å². The van der Waals surface area contributed by atoms with Gasteiger partial charge in [-0.3, -0.25) is 14.6 Å². The highest BCUT2D eigenvalue weighted by Crippen LogP contribution is 2.20. The number of fused-ring (bicyclic) bond motifs is 1. The van der Waals surface area contributed by atoms with Crippen molar-refractivity contribution >= 4 is 11.9 Å². The van der Waals surface area contributed by atoms with E-state index in [4.69, 9.17) is 19.2 Å². The molecule has 1 heterocycles. The number of hydrogen-bond acceptors (Lipinski definition) is 7. The van der Waals surface area contributed by atoms with Gasteiger partial charge in [-0.2, -0.15) is 0 Å². The first-order valence-electron chi connectivity index (χ1n) is 14.0. The third-order valence-corrected chi connectivity index (χ3v) is 7.29.